The average molecular weight is 244 g/mol. The Morgan fingerprint density at radius 3 is 2.89 bits per heavy atom. The van der Waals surface area contributed by atoms with E-state index in [1.165, 1.54) is 4.90 Å². The minimum absolute atomic E-state index is 0.392. The van der Waals surface area contributed by atoms with Gasteiger partial charge in [-0.15, -0.1) is 0 Å². The second kappa shape index (κ2) is 4.18. The fourth-order valence-electron chi connectivity index (χ4n) is 2.05. The van der Waals surface area contributed by atoms with E-state index in [2.05, 4.69) is 4.98 Å². The molecule has 0 spiro atoms. The van der Waals surface area contributed by atoms with Crippen LogP contribution in [0.25, 0.3) is 16.7 Å². The molecule has 5 heteroatoms. The lowest BCUT2D eigenvalue weighted by Crippen LogP contribution is -2.33. The van der Waals surface area contributed by atoms with Gasteiger partial charge >= 0.3 is 6.09 Å². The van der Waals surface area contributed by atoms with Crippen LogP contribution in [0, 0.1) is 0 Å². The summed E-state index contributed by atoms with van der Waals surface area (Å²) in [5.74, 6) is 0.598. The first kappa shape index (κ1) is 10.8. The van der Waals surface area contributed by atoms with Crippen molar-refractivity contribution in [1.82, 2.24) is 9.88 Å². The number of para-hydroxylation sites is 2. The molecule has 1 aromatic carbocycles. The number of rotatable bonds is 1. The molecule has 3 rings (SSSR count). The third-order valence-corrected chi connectivity index (χ3v) is 3.05. The lowest BCUT2D eigenvalue weighted by Gasteiger charge is -2.22. The number of carboxylic acid groups (broad SMARTS) is 1. The number of carbonyl (C=O) groups is 1. The minimum Gasteiger partial charge on any atom is -0.465 e. The number of aromatic nitrogens is 1. The fourth-order valence-corrected chi connectivity index (χ4v) is 2.05. The molecule has 5 nitrogen and oxygen atoms in total. The highest BCUT2D eigenvalue weighted by Gasteiger charge is 2.19. The van der Waals surface area contributed by atoms with Crippen molar-refractivity contribution in [2.45, 2.75) is 6.42 Å². The van der Waals surface area contributed by atoms with Gasteiger partial charge in [0.25, 0.3) is 0 Å². The molecule has 0 saturated heterocycles. The van der Waals surface area contributed by atoms with E-state index in [1.807, 2.05) is 30.3 Å². The zero-order valence-electron chi connectivity index (χ0n) is 9.67. The predicted molar refractivity (Wildman–Crippen MR) is 66.2 cm³/mol. The van der Waals surface area contributed by atoms with Gasteiger partial charge in [0.1, 0.15) is 5.52 Å². The highest BCUT2D eigenvalue weighted by Crippen LogP contribution is 2.25. The molecule has 2 heterocycles. The summed E-state index contributed by atoms with van der Waals surface area (Å²) in [6.07, 6.45) is 1.62. The van der Waals surface area contributed by atoms with E-state index in [9.17, 15) is 4.79 Å². The van der Waals surface area contributed by atoms with Crippen LogP contribution >= 0.6 is 0 Å². The highest BCUT2D eigenvalue weighted by atomic mass is 16.4. The van der Waals surface area contributed by atoms with Crippen LogP contribution in [0.1, 0.15) is 12.3 Å². The second-order valence-electron chi connectivity index (χ2n) is 4.19. The molecule has 0 atom stereocenters. The molecule has 1 aromatic heterocycles. The predicted octanol–water partition coefficient (Wildman–Crippen LogP) is 2.59. The third kappa shape index (κ3) is 1.84. The Morgan fingerprint density at radius 1 is 1.39 bits per heavy atom. The lowest BCUT2D eigenvalue weighted by atomic mass is 10.1. The normalized spacial score (nSPS) is 15.8. The SMILES string of the molecule is O=C(O)N1CC=C(c2nc3ccccc3o2)CC1. The maximum absolute atomic E-state index is 10.8. The summed E-state index contributed by atoms with van der Waals surface area (Å²) in [5.41, 5.74) is 2.56. The fraction of sp³-hybridized carbons (Fsp3) is 0.231. The molecule has 1 N–H and O–H groups in total. The van der Waals surface area contributed by atoms with Crippen molar-refractivity contribution >= 4 is 22.8 Å². The maximum Gasteiger partial charge on any atom is 0.407 e. The van der Waals surface area contributed by atoms with Crippen LogP contribution in [0.15, 0.2) is 34.8 Å². The minimum atomic E-state index is -0.886. The molecule has 0 saturated carbocycles. The van der Waals surface area contributed by atoms with Crippen LogP contribution in [0.2, 0.25) is 0 Å². The quantitative estimate of drug-likeness (QED) is 0.837. The Morgan fingerprint density at radius 2 is 2.22 bits per heavy atom. The van der Waals surface area contributed by atoms with Crippen LogP contribution in [-0.4, -0.2) is 34.2 Å². The smallest absolute Gasteiger partial charge is 0.407 e. The number of benzene rings is 1. The van der Waals surface area contributed by atoms with Gasteiger partial charge in [-0.05, 0) is 18.6 Å². The van der Waals surface area contributed by atoms with Gasteiger partial charge in [0, 0.05) is 18.7 Å². The Hall–Kier alpha value is -2.30. The van der Waals surface area contributed by atoms with Crippen molar-refractivity contribution in [2.75, 3.05) is 13.1 Å². The van der Waals surface area contributed by atoms with Gasteiger partial charge < -0.3 is 14.4 Å². The second-order valence-corrected chi connectivity index (χ2v) is 4.19. The van der Waals surface area contributed by atoms with Gasteiger partial charge in [-0.2, -0.15) is 0 Å². The summed E-state index contributed by atoms with van der Waals surface area (Å²) in [5, 5.41) is 8.87. The van der Waals surface area contributed by atoms with Gasteiger partial charge in [-0.3, -0.25) is 0 Å². The van der Waals surface area contributed by atoms with E-state index in [1.54, 1.807) is 0 Å². The van der Waals surface area contributed by atoms with E-state index in [-0.39, 0.29) is 0 Å². The summed E-state index contributed by atoms with van der Waals surface area (Å²) >= 11 is 0. The molecular formula is C13H12N2O3. The zero-order valence-corrected chi connectivity index (χ0v) is 9.67. The van der Waals surface area contributed by atoms with Crippen molar-refractivity contribution in [3.63, 3.8) is 0 Å². The number of hydrogen-bond acceptors (Lipinski definition) is 3. The van der Waals surface area contributed by atoms with Crippen LogP contribution in [-0.2, 0) is 0 Å². The van der Waals surface area contributed by atoms with Gasteiger partial charge in [-0.1, -0.05) is 18.2 Å². The molecule has 2 aromatic rings. The van der Waals surface area contributed by atoms with Crippen LogP contribution in [0.3, 0.4) is 0 Å². The van der Waals surface area contributed by atoms with Gasteiger partial charge in [0.15, 0.2) is 5.58 Å². The number of amides is 1. The standard InChI is InChI=1S/C13H12N2O3/c16-13(17)15-7-5-9(6-8-15)12-14-10-3-1-2-4-11(10)18-12/h1-5H,6-8H2,(H,16,17). The van der Waals surface area contributed by atoms with E-state index < -0.39 is 6.09 Å². The average Bonchev–Trinajstić information content (AvgIpc) is 2.82. The molecule has 0 unspecified atom stereocenters. The van der Waals surface area contributed by atoms with Crippen LogP contribution < -0.4 is 0 Å². The Kier molecular flexibility index (Phi) is 2.51. The highest BCUT2D eigenvalue weighted by molar-refractivity contribution is 5.76. The Balaban J connectivity index is 1.89. The molecule has 18 heavy (non-hydrogen) atoms. The summed E-state index contributed by atoms with van der Waals surface area (Å²) in [6.45, 7) is 0.878. The van der Waals surface area contributed by atoms with Crippen molar-refractivity contribution in [1.29, 1.82) is 0 Å². The summed E-state index contributed by atoms with van der Waals surface area (Å²) in [4.78, 5) is 16.6. The van der Waals surface area contributed by atoms with E-state index in [0.29, 0.717) is 25.4 Å². The Labute approximate surface area is 103 Å². The van der Waals surface area contributed by atoms with Crippen LogP contribution in [0.5, 0.6) is 0 Å². The first-order valence-corrected chi connectivity index (χ1v) is 5.77. The molecule has 1 aliphatic rings. The first-order valence-electron chi connectivity index (χ1n) is 5.77. The largest absolute Gasteiger partial charge is 0.465 e. The van der Waals surface area contributed by atoms with Crippen molar-refractivity contribution in [2.24, 2.45) is 0 Å². The number of oxazole rings is 1. The summed E-state index contributed by atoms with van der Waals surface area (Å²) in [7, 11) is 0. The lowest BCUT2D eigenvalue weighted by molar-refractivity contribution is 0.150. The molecule has 0 fully saturated rings. The van der Waals surface area contributed by atoms with E-state index >= 15 is 0 Å². The topological polar surface area (TPSA) is 66.6 Å². The first-order chi connectivity index (χ1) is 8.74. The molecule has 0 radical (unpaired) electrons. The summed E-state index contributed by atoms with van der Waals surface area (Å²) in [6, 6.07) is 7.59. The van der Waals surface area contributed by atoms with Gasteiger partial charge in [0.2, 0.25) is 5.89 Å². The monoisotopic (exact) mass is 244 g/mol. The van der Waals surface area contributed by atoms with Crippen molar-refractivity contribution in [3.05, 3.63) is 36.2 Å². The molecule has 0 bridgehead atoms. The van der Waals surface area contributed by atoms with E-state index in [0.717, 1.165) is 16.7 Å². The Bertz CT molecular complexity index is 597. The van der Waals surface area contributed by atoms with Crippen LogP contribution in [0.4, 0.5) is 4.79 Å². The van der Waals surface area contributed by atoms with Gasteiger partial charge in [0.05, 0.1) is 0 Å². The molecular weight excluding hydrogens is 232 g/mol. The number of nitrogens with zero attached hydrogens (tertiary/aromatic N) is 2. The molecule has 1 amide bonds. The molecule has 0 aliphatic carbocycles. The summed E-state index contributed by atoms with van der Waals surface area (Å²) < 4.78 is 5.66. The van der Waals surface area contributed by atoms with Crippen molar-refractivity contribution < 1.29 is 14.3 Å². The zero-order chi connectivity index (χ0) is 12.5. The third-order valence-electron chi connectivity index (χ3n) is 3.05. The van der Waals surface area contributed by atoms with Gasteiger partial charge in [-0.25, -0.2) is 9.78 Å². The molecule has 92 valence electrons. The maximum atomic E-state index is 10.8. The molecule has 1 aliphatic heterocycles. The number of hydrogen-bond donors (Lipinski definition) is 1. The van der Waals surface area contributed by atoms with E-state index in [4.69, 9.17) is 9.52 Å². The number of fused-ring (bicyclic) bond motifs is 1. The van der Waals surface area contributed by atoms with Crippen molar-refractivity contribution in [3.8, 4) is 0 Å².